The lowest BCUT2D eigenvalue weighted by Gasteiger charge is -2.14. The zero-order valence-electron chi connectivity index (χ0n) is 18.1. The van der Waals surface area contributed by atoms with Crippen LogP contribution >= 0.6 is 24.0 Å². The van der Waals surface area contributed by atoms with Crippen molar-refractivity contribution < 1.29 is 19.1 Å². The molecule has 0 radical (unpaired) electrons. The molecule has 1 heterocycles. The molecule has 1 aliphatic rings. The summed E-state index contributed by atoms with van der Waals surface area (Å²) in [7, 11) is 3.16. The average Bonchev–Trinajstić information content (AvgIpc) is 3.06. The van der Waals surface area contributed by atoms with Gasteiger partial charge in [-0.15, -0.1) is 0 Å². The molecule has 0 saturated carbocycles. The van der Waals surface area contributed by atoms with Gasteiger partial charge in [0, 0.05) is 18.7 Å². The summed E-state index contributed by atoms with van der Waals surface area (Å²) in [5.74, 6) is 1.15. The number of carbonyl (C=O) groups is 2. The maximum atomic E-state index is 12.8. The van der Waals surface area contributed by atoms with E-state index in [-0.39, 0.29) is 11.8 Å². The molecule has 2 aromatic rings. The molecule has 168 valence electrons. The number of carbonyl (C=O) groups excluding carboxylic acids is 2. The number of anilines is 1. The molecule has 0 spiro atoms. The van der Waals surface area contributed by atoms with E-state index < -0.39 is 0 Å². The van der Waals surface area contributed by atoms with Crippen molar-refractivity contribution in [3.05, 3.63) is 59.0 Å². The first kappa shape index (κ1) is 23.8. The fourth-order valence-electron chi connectivity index (χ4n) is 3.26. The van der Waals surface area contributed by atoms with Gasteiger partial charge in [0.15, 0.2) is 11.5 Å². The highest BCUT2D eigenvalue weighted by molar-refractivity contribution is 8.26. The number of thiocarbonyl (C=S) groups is 1. The first-order valence-electron chi connectivity index (χ1n) is 10.3. The second-order valence-corrected chi connectivity index (χ2v) is 8.85. The van der Waals surface area contributed by atoms with Gasteiger partial charge in [-0.1, -0.05) is 54.7 Å². The van der Waals surface area contributed by atoms with Gasteiger partial charge in [0.05, 0.1) is 19.1 Å². The number of rotatable bonds is 10. The van der Waals surface area contributed by atoms with E-state index in [1.807, 2.05) is 48.5 Å². The number of para-hydroxylation sites is 1. The van der Waals surface area contributed by atoms with Gasteiger partial charge in [0.25, 0.3) is 5.91 Å². The summed E-state index contributed by atoms with van der Waals surface area (Å²) in [6.45, 7) is 0.550. The van der Waals surface area contributed by atoms with Crippen LogP contribution in [0.25, 0.3) is 6.08 Å². The summed E-state index contributed by atoms with van der Waals surface area (Å²) < 4.78 is 11.1. The van der Waals surface area contributed by atoms with Crippen LogP contribution in [0, 0.1) is 0 Å². The number of nitrogens with zero attached hydrogens (tertiary/aromatic N) is 1. The van der Waals surface area contributed by atoms with E-state index in [1.165, 1.54) is 11.8 Å². The van der Waals surface area contributed by atoms with Crippen molar-refractivity contribution in [3.8, 4) is 11.5 Å². The van der Waals surface area contributed by atoms with E-state index in [4.69, 9.17) is 21.7 Å². The monoisotopic (exact) mass is 470 g/mol. The second-order valence-electron chi connectivity index (χ2n) is 7.17. The molecule has 3 rings (SSSR count). The number of ether oxygens (including phenoxy) is 2. The molecule has 2 aromatic carbocycles. The van der Waals surface area contributed by atoms with Gasteiger partial charge in [-0.3, -0.25) is 14.5 Å². The molecule has 1 aliphatic heterocycles. The largest absolute Gasteiger partial charge is 0.493 e. The van der Waals surface area contributed by atoms with Crippen LogP contribution in [0.4, 0.5) is 5.69 Å². The van der Waals surface area contributed by atoms with E-state index in [1.54, 1.807) is 25.2 Å². The van der Waals surface area contributed by atoms with Crippen LogP contribution in [0.3, 0.4) is 0 Å². The van der Waals surface area contributed by atoms with Crippen molar-refractivity contribution in [1.29, 1.82) is 0 Å². The van der Waals surface area contributed by atoms with E-state index in [9.17, 15) is 9.59 Å². The Labute approximate surface area is 198 Å². The Morgan fingerprint density at radius 2 is 1.81 bits per heavy atom. The SMILES string of the molecule is COc1ccc(/C=C2\SC(=S)N(CCCCCC(=O)Nc3ccccc3)C2=O)cc1OC. The highest BCUT2D eigenvalue weighted by Crippen LogP contribution is 2.34. The first-order chi connectivity index (χ1) is 15.5. The van der Waals surface area contributed by atoms with Crippen molar-refractivity contribution in [1.82, 2.24) is 4.90 Å². The number of nitrogens with one attached hydrogen (secondary N) is 1. The molecule has 1 saturated heterocycles. The predicted octanol–water partition coefficient (Wildman–Crippen LogP) is 5.10. The summed E-state index contributed by atoms with van der Waals surface area (Å²) in [6, 6.07) is 14.9. The van der Waals surface area contributed by atoms with E-state index in [0.29, 0.717) is 33.7 Å². The highest BCUT2D eigenvalue weighted by atomic mass is 32.2. The van der Waals surface area contributed by atoms with Gasteiger partial charge in [0.1, 0.15) is 4.32 Å². The summed E-state index contributed by atoms with van der Waals surface area (Å²) in [4.78, 5) is 27.0. The maximum absolute atomic E-state index is 12.8. The molecule has 2 amide bonds. The van der Waals surface area contributed by atoms with E-state index in [2.05, 4.69) is 5.32 Å². The van der Waals surface area contributed by atoms with Crippen molar-refractivity contribution >= 4 is 51.9 Å². The van der Waals surface area contributed by atoms with Gasteiger partial charge >= 0.3 is 0 Å². The van der Waals surface area contributed by atoms with Gasteiger partial charge in [-0.05, 0) is 48.7 Å². The Bertz CT molecular complexity index is 1010. The molecule has 1 fully saturated rings. The van der Waals surface area contributed by atoms with Gasteiger partial charge in [0.2, 0.25) is 5.91 Å². The fraction of sp³-hybridized carbons (Fsp3) is 0.292. The van der Waals surface area contributed by atoms with Crippen molar-refractivity contribution in [2.75, 3.05) is 26.1 Å². The smallest absolute Gasteiger partial charge is 0.266 e. The highest BCUT2D eigenvalue weighted by Gasteiger charge is 2.31. The number of unbranched alkanes of at least 4 members (excludes halogenated alkanes) is 2. The van der Waals surface area contributed by atoms with Gasteiger partial charge < -0.3 is 14.8 Å². The maximum Gasteiger partial charge on any atom is 0.266 e. The number of hydrogen-bond acceptors (Lipinski definition) is 6. The molecular formula is C24H26N2O4S2. The number of amides is 2. The third kappa shape index (κ3) is 6.34. The van der Waals surface area contributed by atoms with Crippen LogP contribution in [0.1, 0.15) is 31.2 Å². The third-order valence-corrected chi connectivity index (χ3v) is 6.30. The summed E-state index contributed by atoms with van der Waals surface area (Å²) in [5.41, 5.74) is 1.64. The topological polar surface area (TPSA) is 67.9 Å². The lowest BCUT2D eigenvalue weighted by atomic mass is 10.1. The molecule has 0 aliphatic carbocycles. The van der Waals surface area contributed by atoms with E-state index in [0.717, 1.165) is 30.5 Å². The van der Waals surface area contributed by atoms with Crippen LogP contribution in [0.5, 0.6) is 11.5 Å². The van der Waals surface area contributed by atoms with E-state index >= 15 is 0 Å². The first-order valence-corrected chi connectivity index (χ1v) is 11.6. The van der Waals surface area contributed by atoms with Crippen molar-refractivity contribution in [2.45, 2.75) is 25.7 Å². The number of hydrogen-bond donors (Lipinski definition) is 1. The number of benzene rings is 2. The minimum absolute atomic E-state index is 0.000311. The van der Waals surface area contributed by atoms with Crippen LogP contribution in [0.15, 0.2) is 53.4 Å². The lowest BCUT2D eigenvalue weighted by molar-refractivity contribution is -0.122. The quantitative estimate of drug-likeness (QED) is 0.296. The van der Waals surface area contributed by atoms with Gasteiger partial charge in [-0.2, -0.15) is 0 Å². The molecule has 8 heteroatoms. The Balaban J connectivity index is 1.47. The average molecular weight is 471 g/mol. The molecule has 0 bridgehead atoms. The zero-order valence-corrected chi connectivity index (χ0v) is 19.8. The molecule has 0 aromatic heterocycles. The predicted molar refractivity (Wildman–Crippen MR) is 133 cm³/mol. The van der Waals surface area contributed by atoms with Crippen LogP contribution in [-0.4, -0.2) is 41.8 Å². The summed E-state index contributed by atoms with van der Waals surface area (Å²) in [5, 5.41) is 2.88. The zero-order chi connectivity index (χ0) is 22.9. The second kappa shape index (κ2) is 11.7. The Morgan fingerprint density at radius 3 is 2.53 bits per heavy atom. The standard InChI is InChI=1S/C24H26N2O4S2/c1-29-19-13-12-17(15-20(19)30-2)16-21-23(28)26(24(31)32-21)14-8-4-7-11-22(27)25-18-9-5-3-6-10-18/h3,5-6,9-10,12-13,15-16H,4,7-8,11,14H2,1-2H3,(H,25,27)/b21-16-. The molecule has 32 heavy (non-hydrogen) atoms. The number of methoxy groups -OCH3 is 2. The molecular weight excluding hydrogens is 444 g/mol. The van der Waals surface area contributed by atoms with Crippen molar-refractivity contribution in [3.63, 3.8) is 0 Å². The normalized spacial score (nSPS) is 14.7. The molecule has 1 N–H and O–H groups in total. The van der Waals surface area contributed by atoms with Crippen molar-refractivity contribution in [2.24, 2.45) is 0 Å². The lowest BCUT2D eigenvalue weighted by Crippen LogP contribution is -2.29. The van der Waals surface area contributed by atoms with Gasteiger partial charge in [-0.25, -0.2) is 0 Å². The molecule has 0 atom stereocenters. The van der Waals surface area contributed by atoms with Crippen LogP contribution < -0.4 is 14.8 Å². The molecule has 6 nitrogen and oxygen atoms in total. The fourth-order valence-corrected chi connectivity index (χ4v) is 4.57. The number of thioether (sulfide) groups is 1. The minimum Gasteiger partial charge on any atom is -0.493 e. The summed E-state index contributed by atoms with van der Waals surface area (Å²) in [6.07, 6.45) is 4.65. The Hall–Kier alpha value is -2.84. The Kier molecular flexibility index (Phi) is 8.70. The molecule has 0 unspecified atom stereocenters. The third-order valence-electron chi connectivity index (χ3n) is 4.92. The van der Waals surface area contributed by atoms with Crippen LogP contribution in [0.2, 0.25) is 0 Å². The minimum atomic E-state index is -0.0865. The summed E-state index contributed by atoms with van der Waals surface area (Å²) >= 11 is 6.71. The van der Waals surface area contributed by atoms with Crippen LogP contribution in [-0.2, 0) is 9.59 Å². The Morgan fingerprint density at radius 1 is 1.06 bits per heavy atom.